The Kier molecular flexibility index (Phi) is 5.93. The van der Waals surface area contributed by atoms with E-state index in [0.717, 1.165) is 5.56 Å². The van der Waals surface area contributed by atoms with Crippen LogP contribution in [0.3, 0.4) is 0 Å². The molecule has 3 rings (SSSR count). The number of para-hydroxylation sites is 1. The maximum absolute atomic E-state index is 14.0. The van der Waals surface area contributed by atoms with Crippen LogP contribution in [0.2, 0.25) is 0 Å². The van der Waals surface area contributed by atoms with E-state index >= 15 is 0 Å². The van der Waals surface area contributed by atoms with E-state index in [1.807, 2.05) is 12.1 Å². The fourth-order valence-electron chi connectivity index (χ4n) is 2.74. The fourth-order valence-corrected chi connectivity index (χ4v) is 2.74. The number of benzene rings is 3. The van der Waals surface area contributed by atoms with Gasteiger partial charge in [-0.25, -0.2) is 8.78 Å². The van der Waals surface area contributed by atoms with Crippen LogP contribution in [-0.4, -0.2) is 5.91 Å². The van der Waals surface area contributed by atoms with Gasteiger partial charge in [0.05, 0.1) is 5.69 Å². The van der Waals surface area contributed by atoms with Crippen LogP contribution in [0.25, 0.3) is 6.08 Å². The highest BCUT2D eigenvalue weighted by Crippen LogP contribution is 2.20. The quantitative estimate of drug-likeness (QED) is 0.499. The molecule has 3 aromatic rings. The summed E-state index contributed by atoms with van der Waals surface area (Å²) in [6.07, 6.45) is 1.74. The second kappa shape index (κ2) is 8.74. The summed E-state index contributed by atoms with van der Waals surface area (Å²) in [5.41, 5.74) is 1.71. The van der Waals surface area contributed by atoms with Crippen LogP contribution in [0, 0.1) is 23.0 Å². The van der Waals surface area contributed by atoms with Crippen LogP contribution in [0.4, 0.5) is 14.5 Å². The molecule has 3 aromatic carbocycles. The first-order valence-corrected chi connectivity index (χ1v) is 8.57. The van der Waals surface area contributed by atoms with Crippen molar-refractivity contribution in [3.8, 4) is 6.07 Å². The van der Waals surface area contributed by atoms with Gasteiger partial charge in [0.2, 0.25) is 0 Å². The number of nitrogens with zero attached hydrogens (tertiary/aromatic N) is 1. The van der Waals surface area contributed by atoms with Gasteiger partial charge < -0.3 is 5.32 Å². The molecular formula is C23H16F2N2O. The van der Waals surface area contributed by atoms with Gasteiger partial charge >= 0.3 is 0 Å². The van der Waals surface area contributed by atoms with Gasteiger partial charge in [-0.1, -0.05) is 54.6 Å². The summed E-state index contributed by atoms with van der Waals surface area (Å²) in [6.45, 7) is 0. The zero-order chi connectivity index (χ0) is 19.9. The van der Waals surface area contributed by atoms with Crippen molar-refractivity contribution in [1.82, 2.24) is 0 Å². The molecule has 0 radical (unpaired) electrons. The molecule has 0 aliphatic carbocycles. The van der Waals surface area contributed by atoms with Crippen LogP contribution in [-0.2, 0) is 11.2 Å². The van der Waals surface area contributed by atoms with Gasteiger partial charge in [0.15, 0.2) is 0 Å². The standard InChI is InChI=1S/C23H16F2N2O/c24-20-10-4-3-9-18(20)13-16-7-1-2-8-17(16)14-19(15-26)23(28)27-22-12-6-5-11-21(22)25/h1-12,14H,13H2,(H,27,28)/b19-14+. The van der Waals surface area contributed by atoms with Crippen molar-refractivity contribution in [3.05, 3.63) is 107 Å². The molecule has 0 bridgehead atoms. The molecule has 0 unspecified atom stereocenters. The Morgan fingerprint density at radius 1 is 0.893 bits per heavy atom. The number of nitriles is 1. The highest BCUT2D eigenvalue weighted by Gasteiger charge is 2.13. The third-order valence-corrected chi connectivity index (χ3v) is 4.18. The Balaban J connectivity index is 1.89. The summed E-state index contributed by atoms with van der Waals surface area (Å²) in [5.74, 6) is -1.62. The molecule has 0 saturated carbocycles. The molecule has 28 heavy (non-hydrogen) atoms. The Morgan fingerprint density at radius 2 is 1.50 bits per heavy atom. The largest absolute Gasteiger partial charge is 0.319 e. The van der Waals surface area contributed by atoms with E-state index in [1.54, 1.807) is 42.5 Å². The third kappa shape index (κ3) is 4.49. The van der Waals surface area contributed by atoms with E-state index in [9.17, 15) is 18.8 Å². The number of hydrogen-bond donors (Lipinski definition) is 1. The van der Waals surface area contributed by atoms with Crippen molar-refractivity contribution >= 4 is 17.7 Å². The van der Waals surface area contributed by atoms with Crippen molar-refractivity contribution in [2.75, 3.05) is 5.32 Å². The number of carbonyl (C=O) groups excluding carboxylic acids is 1. The van der Waals surface area contributed by atoms with Crippen molar-refractivity contribution in [2.45, 2.75) is 6.42 Å². The normalized spacial score (nSPS) is 11.0. The number of halogens is 2. The molecular weight excluding hydrogens is 358 g/mol. The first-order valence-electron chi connectivity index (χ1n) is 8.57. The van der Waals surface area contributed by atoms with Gasteiger partial charge in [-0.15, -0.1) is 0 Å². The van der Waals surface area contributed by atoms with Gasteiger partial charge in [0, 0.05) is 6.42 Å². The average molecular weight is 374 g/mol. The molecule has 0 atom stereocenters. The number of hydrogen-bond acceptors (Lipinski definition) is 2. The van der Waals surface area contributed by atoms with Crippen molar-refractivity contribution in [3.63, 3.8) is 0 Å². The fraction of sp³-hybridized carbons (Fsp3) is 0.0435. The van der Waals surface area contributed by atoms with Crippen molar-refractivity contribution in [1.29, 1.82) is 5.26 Å². The zero-order valence-corrected chi connectivity index (χ0v) is 14.8. The summed E-state index contributed by atoms with van der Waals surface area (Å²) in [5, 5.41) is 11.8. The lowest BCUT2D eigenvalue weighted by Crippen LogP contribution is -2.14. The smallest absolute Gasteiger partial charge is 0.266 e. The predicted molar refractivity (Wildman–Crippen MR) is 104 cm³/mol. The topological polar surface area (TPSA) is 52.9 Å². The number of carbonyl (C=O) groups is 1. The lowest BCUT2D eigenvalue weighted by molar-refractivity contribution is -0.112. The minimum atomic E-state index is -0.715. The minimum absolute atomic E-state index is 0.00621. The molecule has 138 valence electrons. The Bertz CT molecular complexity index is 1080. The molecule has 0 aliphatic heterocycles. The van der Waals surface area contributed by atoms with Crippen LogP contribution < -0.4 is 5.32 Å². The van der Waals surface area contributed by atoms with Crippen LogP contribution in [0.15, 0.2) is 78.4 Å². The third-order valence-electron chi connectivity index (χ3n) is 4.18. The molecule has 0 heterocycles. The van der Waals surface area contributed by atoms with Crippen LogP contribution in [0.5, 0.6) is 0 Å². The summed E-state index contributed by atoms with van der Waals surface area (Å²) in [7, 11) is 0. The Hall–Kier alpha value is -3.78. The molecule has 0 saturated heterocycles. The molecule has 0 spiro atoms. The van der Waals surface area contributed by atoms with Crippen LogP contribution >= 0.6 is 0 Å². The predicted octanol–water partition coefficient (Wildman–Crippen LogP) is 5.10. The summed E-state index contributed by atoms with van der Waals surface area (Å²) in [4.78, 5) is 12.4. The number of rotatable bonds is 5. The number of amides is 1. The zero-order valence-electron chi connectivity index (χ0n) is 14.8. The second-order valence-electron chi connectivity index (χ2n) is 6.07. The van der Waals surface area contributed by atoms with Crippen LogP contribution in [0.1, 0.15) is 16.7 Å². The van der Waals surface area contributed by atoms with Crippen molar-refractivity contribution in [2.24, 2.45) is 0 Å². The molecule has 0 aliphatic rings. The molecule has 0 aromatic heterocycles. The van der Waals surface area contributed by atoms with E-state index in [4.69, 9.17) is 0 Å². The molecule has 3 nitrogen and oxygen atoms in total. The van der Waals surface area contributed by atoms with E-state index in [-0.39, 0.29) is 17.1 Å². The van der Waals surface area contributed by atoms with Gasteiger partial charge in [0.25, 0.3) is 5.91 Å². The summed E-state index contributed by atoms with van der Waals surface area (Å²) in [6, 6.07) is 21.1. The summed E-state index contributed by atoms with van der Waals surface area (Å²) < 4.78 is 27.7. The van der Waals surface area contributed by atoms with Gasteiger partial charge in [-0.2, -0.15) is 5.26 Å². The monoisotopic (exact) mass is 374 g/mol. The molecule has 1 N–H and O–H groups in total. The number of anilines is 1. The average Bonchev–Trinajstić information content (AvgIpc) is 2.70. The van der Waals surface area contributed by atoms with E-state index in [0.29, 0.717) is 17.5 Å². The first kappa shape index (κ1) is 19.0. The highest BCUT2D eigenvalue weighted by molar-refractivity contribution is 6.09. The molecule has 5 heteroatoms. The SMILES string of the molecule is N#C/C(=C\c1ccccc1Cc1ccccc1F)C(=O)Nc1ccccc1F. The Morgan fingerprint density at radius 3 is 2.18 bits per heavy atom. The Labute approximate surface area is 161 Å². The van der Waals surface area contributed by atoms with E-state index in [1.165, 1.54) is 30.3 Å². The summed E-state index contributed by atoms with van der Waals surface area (Å²) >= 11 is 0. The molecule has 1 amide bonds. The van der Waals surface area contributed by atoms with E-state index < -0.39 is 11.7 Å². The highest BCUT2D eigenvalue weighted by atomic mass is 19.1. The second-order valence-corrected chi connectivity index (χ2v) is 6.07. The van der Waals surface area contributed by atoms with E-state index in [2.05, 4.69) is 5.32 Å². The number of nitrogens with one attached hydrogen (secondary N) is 1. The molecule has 0 fully saturated rings. The maximum atomic E-state index is 14.0. The minimum Gasteiger partial charge on any atom is -0.319 e. The van der Waals surface area contributed by atoms with Gasteiger partial charge in [0.1, 0.15) is 23.3 Å². The van der Waals surface area contributed by atoms with Gasteiger partial charge in [-0.05, 0) is 41.0 Å². The van der Waals surface area contributed by atoms with Crippen molar-refractivity contribution < 1.29 is 13.6 Å². The maximum Gasteiger partial charge on any atom is 0.266 e. The lowest BCUT2D eigenvalue weighted by atomic mass is 9.98. The first-order chi connectivity index (χ1) is 13.6. The van der Waals surface area contributed by atoms with Gasteiger partial charge in [-0.3, -0.25) is 4.79 Å². The lowest BCUT2D eigenvalue weighted by Gasteiger charge is -2.09.